The van der Waals surface area contributed by atoms with Crippen LogP contribution in [0.1, 0.15) is 54.4 Å². The third-order valence-electron chi connectivity index (χ3n) is 5.54. The quantitative estimate of drug-likeness (QED) is 0.557. The van der Waals surface area contributed by atoms with Crippen LogP contribution in [0.2, 0.25) is 36.3 Å². The molecule has 0 aliphatic carbocycles. The second-order valence-corrected chi connectivity index (χ2v) is 17.2. The van der Waals surface area contributed by atoms with Crippen molar-refractivity contribution in [2.45, 2.75) is 90.6 Å². The van der Waals surface area contributed by atoms with Crippen LogP contribution in [-0.2, 0) is 4.12 Å². The predicted octanol–water partition coefficient (Wildman–Crippen LogP) is 5.79. The average Bonchev–Trinajstić information content (AvgIpc) is 2.15. The zero-order valence-corrected chi connectivity index (χ0v) is 15.8. The maximum Gasteiger partial charge on any atom is 0.179 e. The molecule has 0 amide bonds. The Morgan fingerprint density at radius 3 is 1.12 bits per heavy atom. The first kappa shape index (κ1) is 17.4. The maximum atomic E-state index is 6.81. The topological polar surface area (TPSA) is 9.23 Å². The van der Waals surface area contributed by atoms with E-state index in [0.717, 1.165) is 0 Å². The number of rotatable bonds is 6. The molecule has 0 unspecified atom stereocenters. The largest absolute Gasteiger partial charge is 0.455 e. The van der Waals surface area contributed by atoms with E-state index in [-0.39, 0.29) is 0 Å². The summed E-state index contributed by atoms with van der Waals surface area (Å²) in [5.74, 6) is 0. The van der Waals surface area contributed by atoms with Gasteiger partial charge in [0.1, 0.15) is 0 Å². The molecule has 0 bridgehead atoms. The van der Waals surface area contributed by atoms with Crippen LogP contribution in [0.3, 0.4) is 0 Å². The lowest BCUT2D eigenvalue weighted by molar-refractivity contribution is 0.421. The Balaban J connectivity index is 5.07. The first-order chi connectivity index (χ1) is 7.33. The Bertz CT molecular complexity index is 229. The second kappa shape index (κ2) is 5.18. The van der Waals surface area contributed by atoms with Gasteiger partial charge in [0.15, 0.2) is 16.6 Å². The first-order valence-corrected chi connectivity index (χ1v) is 12.8. The van der Waals surface area contributed by atoms with E-state index in [1.165, 1.54) is 12.8 Å². The fourth-order valence-electron chi connectivity index (χ4n) is 1.77. The highest BCUT2D eigenvalue weighted by atomic mass is 28.4. The molecule has 0 fully saturated rings. The lowest BCUT2D eigenvalue weighted by Gasteiger charge is -2.49. The molecule has 0 spiro atoms. The molecule has 0 aliphatic heterocycles. The van der Waals surface area contributed by atoms with Crippen molar-refractivity contribution < 1.29 is 4.12 Å². The molecule has 0 aromatic heterocycles. The minimum atomic E-state index is -1.63. The van der Waals surface area contributed by atoms with E-state index in [2.05, 4.69) is 67.7 Å². The van der Waals surface area contributed by atoms with Gasteiger partial charge in [0.25, 0.3) is 0 Å². The van der Waals surface area contributed by atoms with Crippen molar-refractivity contribution >= 4 is 16.6 Å². The van der Waals surface area contributed by atoms with Crippen LogP contribution in [0.15, 0.2) is 0 Å². The Hall–Kier alpha value is 0.394. The molecule has 0 radical (unpaired) electrons. The smallest absolute Gasteiger partial charge is 0.179 e. The Morgan fingerprint density at radius 1 is 0.706 bits per heavy atom. The van der Waals surface area contributed by atoms with Gasteiger partial charge >= 0.3 is 0 Å². The molecular formula is C14H34OSi2. The van der Waals surface area contributed by atoms with E-state index in [9.17, 15) is 0 Å². The van der Waals surface area contributed by atoms with E-state index in [0.29, 0.717) is 10.1 Å². The molecule has 104 valence electrons. The summed E-state index contributed by atoms with van der Waals surface area (Å²) in [5, 5.41) is 0.724. The van der Waals surface area contributed by atoms with Crippen LogP contribution in [0.4, 0.5) is 0 Å². The summed E-state index contributed by atoms with van der Waals surface area (Å²) < 4.78 is 6.81. The van der Waals surface area contributed by atoms with Crippen LogP contribution >= 0.6 is 0 Å². The standard InChI is InChI=1S/C14H34OSi2/c1-11-13(3,4)16(7,8)15-17(9,10)14(5,6)12-2/h11-12H2,1-10H3. The number of hydrogen-bond donors (Lipinski definition) is 0. The van der Waals surface area contributed by atoms with Crippen molar-refractivity contribution in [3.8, 4) is 0 Å². The lowest BCUT2D eigenvalue weighted by Crippen LogP contribution is -2.54. The summed E-state index contributed by atoms with van der Waals surface area (Å²) in [5.41, 5.74) is 0. The van der Waals surface area contributed by atoms with Crippen molar-refractivity contribution in [2.75, 3.05) is 0 Å². The van der Waals surface area contributed by atoms with Gasteiger partial charge in [-0.25, -0.2) is 0 Å². The summed E-state index contributed by atoms with van der Waals surface area (Å²) in [4.78, 5) is 0. The molecule has 0 heterocycles. The van der Waals surface area contributed by atoms with Crippen molar-refractivity contribution in [3.63, 3.8) is 0 Å². The van der Waals surface area contributed by atoms with Gasteiger partial charge in [-0.2, -0.15) is 0 Å². The predicted molar refractivity (Wildman–Crippen MR) is 84.7 cm³/mol. The van der Waals surface area contributed by atoms with Crippen molar-refractivity contribution in [1.82, 2.24) is 0 Å². The Kier molecular flexibility index (Phi) is 5.30. The minimum Gasteiger partial charge on any atom is -0.455 e. The van der Waals surface area contributed by atoms with Crippen molar-refractivity contribution in [2.24, 2.45) is 0 Å². The molecule has 1 nitrogen and oxygen atoms in total. The normalized spacial score (nSPS) is 15.2. The molecular weight excluding hydrogens is 240 g/mol. The van der Waals surface area contributed by atoms with Gasteiger partial charge in [0, 0.05) is 0 Å². The zero-order chi connectivity index (χ0) is 14.1. The minimum absolute atomic E-state index is 0.362. The van der Waals surface area contributed by atoms with Gasteiger partial charge in [0.05, 0.1) is 0 Å². The first-order valence-electron chi connectivity index (χ1n) is 7.03. The van der Waals surface area contributed by atoms with Gasteiger partial charge in [-0.05, 0) is 36.3 Å². The van der Waals surface area contributed by atoms with Gasteiger partial charge in [-0.3, -0.25) is 0 Å². The fraction of sp³-hybridized carbons (Fsp3) is 1.00. The molecule has 0 saturated carbocycles. The molecule has 0 atom stereocenters. The number of hydrogen-bond acceptors (Lipinski definition) is 1. The molecule has 3 heteroatoms. The summed E-state index contributed by atoms with van der Waals surface area (Å²) >= 11 is 0. The van der Waals surface area contributed by atoms with Gasteiger partial charge < -0.3 is 4.12 Å². The van der Waals surface area contributed by atoms with Gasteiger partial charge in [0.2, 0.25) is 0 Å². The van der Waals surface area contributed by atoms with E-state index < -0.39 is 16.6 Å². The lowest BCUT2D eigenvalue weighted by atomic mass is 10.1. The van der Waals surface area contributed by atoms with Gasteiger partial charge in [-0.15, -0.1) is 0 Å². The molecule has 0 aromatic rings. The summed E-state index contributed by atoms with van der Waals surface area (Å²) in [6.45, 7) is 23.7. The van der Waals surface area contributed by atoms with Crippen LogP contribution in [0.5, 0.6) is 0 Å². The monoisotopic (exact) mass is 274 g/mol. The van der Waals surface area contributed by atoms with Gasteiger partial charge in [-0.1, -0.05) is 54.4 Å². The molecule has 17 heavy (non-hydrogen) atoms. The summed E-state index contributed by atoms with van der Waals surface area (Å²) in [7, 11) is -3.26. The summed E-state index contributed by atoms with van der Waals surface area (Å²) in [6.07, 6.45) is 2.42. The highest BCUT2D eigenvalue weighted by molar-refractivity contribution is 6.87. The third-order valence-corrected chi connectivity index (χ3v) is 16.8. The second-order valence-electron chi connectivity index (χ2n) is 7.60. The maximum absolute atomic E-state index is 6.81. The Morgan fingerprint density at radius 2 is 0.941 bits per heavy atom. The molecule has 0 N–H and O–H groups in total. The highest BCUT2D eigenvalue weighted by Crippen LogP contribution is 2.47. The van der Waals surface area contributed by atoms with Crippen LogP contribution in [0, 0.1) is 0 Å². The van der Waals surface area contributed by atoms with Crippen LogP contribution in [0.25, 0.3) is 0 Å². The van der Waals surface area contributed by atoms with Crippen molar-refractivity contribution in [3.05, 3.63) is 0 Å². The van der Waals surface area contributed by atoms with Crippen molar-refractivity contribution in [1.29, 1.82) is 0 Å². The third kappa shape index (κ3) is 3.68. The van der Waals surface area contributed by atoms with E-state index in [1.807, 2.05) is 0 Å². The molecule has 0 rings (SSSR count). The molecule has 0 saturated heterocycles. The Labute approximate surface area is 112 Å². The molecule has 0 aromatic carbocycles. The van der Waals surface area contributed by atoms with E-state index in [1.54, 1.807) is 0 Å². The fourth-order valence-corrected chi connectivity index (χ4v) is 10.8. The van der Waals surface area contributed by atoms with E-state index >= 15 is 0 Å². The molecule has 0 aliphatic rings. The average molecular weight is 275 g/mol. The highest BCUT2D eigenvalue weighted by Gasteiger charge is 2.48. The zero-order valence-electron chi connectivity index (χ0n) is 13.8. The van der Waals surface area contributed by atoms with E-state index in [4.69, 9.17) is 4.12 Å². The van der Waals surface area contributed by atoms with Crippen LogP contribution in [-0.4, -0.2) is 16.6 Å². The van der Waals surface area contributed by atoms with Crippen LogP contribution < -0.4 is 0 Å². The summed E-state index contributed by atoms with van der Waals surface area (Å²) in [6, 6.07) is 0. The SMILES string of the molecule is CCC(C)(C)[Si](C)(C)O[Si](C)(C)C(C)(C)CC.